The number of halogens is 1. The van der Waals surface area contributed by atoms with Crippen LogP contribution in [0.4, 0.5) is 11.6 Å². The minimum Gasteiger partial charge on any atom is -0.377 e. The molecular formula is C26H29ClN8O4S. The number of rotatable bonds is 6. The van der Waals surface area contributed by atoms with Gasteiger partial charge in [0.05, 0.1) is 53.4 Å². The summed E-state index contributed by atoms with van der Waals surface area (Å²) < 4.78 is 28.8. The van der Waals surface area contributed by atoms with E-state index in [4.69, 9.17) is 16.6 Å². The lowest BCUT2D eigenvalue weighted by Crippen LogP contribution is -2.38. The highest BCUT2D eigenvalue weighted by Gasteiger charge is 2.25. The van der Waals surface area contributed by atoms with Crippen molar-refractivity contribution in [2.45, 2.75) is 39.9 Å². The van der Waals surface area contributed by atoms with Gasteiger partial charge in [0.15, 0.2) is 5.69 Å². The lowest BCUT2D eigenvalue weighted by molar-refractivity contribution is 0.0977. The number of fused-ring (bicyclic) bond motifs is 2. The molecule has 0 unspecified atom stereocenters. The second-order valence-electron chi connectivity index (χ2n) is 10.0. The molecule has 3 aromatic heterocycles. The van der Waals surface area contributed by atoms with Gasteiger partial charge in [-0.3, -0.25) is 18.8 Å². The number of nitrogens with one attached hydrogen (secondary N) is 2. The molecule has 12 nitrogen and oxygen atoms in total. The lowest BCUT2D eigenvalue weighted by Gasteiger charge is -2.30. The molecule has 0 bridgehead atoms. The number of sulfonamides is 1. The van der Waals surface area contributed by atoms with Gasteiger partial charge in [-0.25, -0.2) is 23.1 Å². The van der Waals surface area contributed by atoms with Crippen molar-refractivity contribution in [3.05, 3.63) is 74.0 Å². The molecule has 14 heteroatoms. The SMILES string of the molecule is Cc1cc([C@@H](C)Nc2ccc(Cl)nc2C(=O)NS(C)(=O)=O)c2nc(N3CCn4nc(C)cc4C3)n(C)c(=O)c2c1. The number of amides is 1. The second-order valence-corrected chi connectivity index (χ2v) is 12.2. The third kappa shape index (κ3) is 5.39. The summed E-state index contributed by atoms with van der Waals surface area (Å²) in [5, 5.41) is 8.26. The van der Waals surface area contributed by atoms with Crippen LogP contribution in [0, 0.1) is 13.8 Å². The summed E-state index contributed by atoms with van der Waals surface area (Å²) in [6.45, 7) is 7.60. The molecule has 2 N–H and O–H groups in total. The number of hydrogen-bond donors (Lipinski definition) is 2. The Labute approximate surface area is 236 Å². The first kappa shape index (κ1) is 27.6. The van der Waals surface area contributed by atoms with Crippen LogP contribution in [0.5, 0.6) is 0 Å². The molecule has 40 heavy (non-hydrogen) atoms. The van der Waals surface area contributed by atoms with Gasteiger partial charge in [-0.1, -0.05) is 17.7 Å². The summed E-state index contributed by atoms with van der Waals surface area (Å²) in [7, 11) is -2.11. The fourth-order valence-electron chi connectivity index (χ4n) is 4.99. The Kier molecular flexibility index (Phi) is 7.04. The standard InChI is InChI=1S/C26H29ClN8O4S/c1-14-10-18(16(3)28-20-6-7-21(27)29-23(20)24(36)32-40(5,38)39)22-19(11-14)25(37)33(4)26(30-22)34-8-9-35-17(13-34)12-15(2)31-35/h6-7,10-12,16,28H,8-9,13H2,1-5H3,(H,32,36)/t16-/m1/s1. The Bertz CT molecular complexity index is 1830. The van der Waals surface area contributed by atoms with E-state index in [2.05, 4.69) is 20.3 Å². The summed E-state index contributed by atoms with van der Waals surface area (Å²) in [6.07, 6.45) is 0.880. The second kappa shape index (κ2) is 10.2. The molecule has 1 atom stereocenters. The van der Waals surface area contributed by atoms with Crippen molar-refractivity contribution < 1.29 is 13.2 Å². The van der Waals surface area contributed by atoms with Crippen molar-refractivity contribution in [3.8, 4) is 0 Å². The van der Waals surface area contributed by atoms with Crippen LogP contribution in [0.1, 0.15) is 46.0 Å². The third-order valence-electron chi connectivity index (χ3n) is 6.73. The zero-order chi connectivity index (χ0) is 28.9. The van der Waals surface area contributed by atoms with Gasteiger partial charge < -0.3 is 10.2 Å². The number of carbonyl (C=O) groups is 1. The fraction of sp³-hybridized carbons (Fsp3) is 0.346. The summed E-state index contributed by atoms with van der Waals surface area (Å²) in [6, 6.07) is 8.38. The highest BCUT2D eigenvalue weighted by Crippen LogP contribution is 2.30. The summed E-state index contributed by atoms with van der Waals surface area (Å²) in [5.74, 6) is -0.371. The van der Waals surface area contributed by atoms with Gasteiger partial charge in [-0.15, -0.1) is 0 Å². The van der Waals surface area contributed by atoms with Crippen LogP contribution in [-0.2, 0) is 30.2 Å². The predicted molar refractivity (Wildman–Crippen MR) is 153 cm³/mol. The van der Waals surface area contributed by atoms with Crippen LogP contribution in [0.15, 0.2) is 35.1 Å². The maximum Gasteiger partial charge on any atom is 0.285 e. The molecule has 0 saturated heterocycles. The van der Waals surface area contributed by atoms with E-state index < -0.39 is 22.0 Å². The van der Waals surface area contributed by atoms with Gasteiger partial charge in [-0.05, 0) is 50.6 Å². The number of anilines is 2. The molecule has 4 aromatic rings. The van der Waals surface area contributed by atoms with Gasteiger partial charge in [-0.2, -0.15) is 5.10 Å². The van der Waals surface area contributed by atoms with Crippen molar-refractivity contribution in [2.24, 2.45) is 7.05 Å². The minimum absolute atomic E-state index is 0.0331. The molecule has 1 amide bonds. The van der Waals surface area contributed by atoms with Gasteiger partial charge in [0.2, 0.25) is 16.0 Å². The molecule has 4 heterocycles. The van der Waals surface area contributed by atoms with E-state index in [9.17, 15) is 18.0 Å². The van der Waals surface area contributed by atoms with E-state index in [1.807, 2.05) is 48.4 Å². The number of aromatic nitrogens is 5. The number of nitrogens with zero attached hydrogens (tertiary/aromatic N) is 6. The van der Waals surface area contributed by atoms with Crippen LogP contribution >= 0.6 is 11.6 Å². The van der Waals surface area contributed by atoms with Crippen molar-refractivity contribution in [1.29, 1.82) is 0 Å². The zero-order valence-corrected chi connectivity index (χ0v) is 24.3. The number of hydrogen-bond acceptors (Lipinski definition) is 9. The average molecular weight is 585 g/mol. The maximum absolute atomic E-state index is 13.6. The monoisotopic (exact) mass is 584 g/mol. The summed E-state index contributed by atoms with van der Waals surface area (Å²) >= 11 is 6.02. The zero-order valence-electron chi connectivity index (χ0n) is 22.7. The Morgan fingerprint density at radius 1 is 1.12 bits per heavy atom. The fourth-order valence-corrected chi connectivity index (χ4v) is 5.57. The highest BCUT2D eigenvalue weighted by molar-refractivity contribution is 7.89. The van der Waals surface area contributed by atoms with Crippen LogP contribution in [0.2, 0.25) is 5.15 Å². The van der Waals surface area contributed by atoms with Gasteiger partial charge in [0, 0.05) is 19.2 Å². The van der Waals surface area contributed by atoms with Crippen LogP contribution in [-0.4, -0.2) is 51.4 Å². The normalized spacial score (nSPS) is 14.2. The molecule has 0 aliphatic carbocycles. The highest BCUT2D eigenvalue weighted by atomic mass is 35.5. The van der Waals surface area contributed by atoms with Crippen molar-refractivity contribution in [2.75, 3.05) is 23.0 Å². The number of benzene rings is 1. The van der Waals surface area contributed by atoms with E-state index in [0.717, 1.165) is 28.8 Å². The number of pyridine rings is 1. The first-order chi connectivity index (χ1) is 18.8. The Hall–Kier alpha value is -3.97. The van der Waals surface area contributed by atoms with Crippen molar-refractivity contribution in [1.82, 2.24) is 29.0 Å². The predicted octanol–water partition coefficient (Wildman–Crippen LogP) is 2.68. The summed E-state index contributed by atoms with van der Waals surface area (Å²) in [5.41, 5.74) is 4.05. The largest absolute Gasteiger partial charge is 0.377 e. The van der Waals surface area contributed by atoms with Crippen molar-refractivity contribution >= 4 is 50.1 Å². The van der Waals surface area contributed by atoms with E-state index >= 15 is 0 Å². The van der Waals surface area contributed by atoms with E-state index in [0.29, 0.717) is 36.5 Å². The van der Waals surface area contributed by atoms with Gasteiger partial charge in [0.25, 0.3) is 11.5 Å². The number of aryl methyl sites for hydroxylation is 2. The third-order valence-corrected chi connectivity index (χ3v) is 7.49. The van der Waals surface area contributed by atoms with E-state index in [1.54, 1.807) is 17.7 Å². The molecule has 1 aromatic carbocycles. The molecule has 1 aliphatic rings. The molecule has 1 aliphatic heterocycles. The van der Waals surface area contributed by atoms with Gasteiger partial charge >= 0.3 is 0 Å². The quantitative estimate of drug-likeness (QED) is 0.327. The number of carbonyl (C=O) groups excluding carboxylic acids is 1. The Balaban J connectivity index is 1.56. The Morgan fingerprint density at radius 3 is 2.60 bits per heavy atom. The lowest BCUT2D eigenvalue weighted by atomic mass is 10.0. The van der Waals surface area contributed by atoms with Crippen LogP contribution in [0.25, 0.3) is 10.9 Å². The van der Waals surface area contributed by atoms with E-state index in [-0.39, 0.29) is 22.1 Å². The molecule has 0 saturated carbocycles. The van der Waals surface area contributed by atoms with Crippen LogP contribution in [0.3, 0.4) is 0 Å². The molecule has 210 valence electrons. The molecule has 0 fully saturated rings. The minimum atomic E-state index is -3.83. The smallest absolute Gasteiger partial charge is 0.285 e. The van der Waals surface area contributed by atoms with Gasteiger partial charge in [0.1, 0.15) is 5.15 Å². The summed E-state index contributed by atoms with van der Waals surface area (Å²) in [4.78, 5) is 37.4. The topological polar surface area (TPSA) is 144 Å². The molecular weight excluding hydrogens is 556 g/mol. The van der Waals surface area contributed by atoms with Crippen molar-refractivity contribution in [3.63, 3.8) is 0 Å². The van der Waals surface area contributed by atoms with Crippen LogP contribution < -0.4 is 20.5 Å². The maximum atomic E-state index is 13.6. The molecule has 5 rings (SSSR count). The average Bonchev–Trinajstić information content (AvgIpc) is 3.25. The Morgan fingerprint density at radius 2 is 1.88 bits per heavy atom. The van der Waals surface area contributed by atoms with E-state index in [1.165, 1.54) is 6.07 Å². The molecule has 0 radical (unpaired) electrons. The first-order valence-corrected chi connectivity index (χ1v) is 14.8. The molecule has 0 spiro atoms. The first-order valence-electron chi connectivity index (χ1n) is 12.6.